The molecule has 0 saturated carbocycles. The van der Waals surface area contributed by atoms with Crippen molar-refractivity contribution in [3.63, 3.8) is 0 Å². The molecule has 5 heteroatoms. The number of fused-ring (bicyclic) bond motifs is 1. The van der Waals surface area contributed by atoms with Crippen molar-refractivity contribution in [2.75, 3.05) is 40.5 Å². The molecule has 1 N–H and O–H groups in total. The van der Waals surface area contributed by atoms with Gasteiger partial charge in [0.05, 0.1) is 26.2 Å². The maximum absolute atomic E-state index is 12.0. The van der Waals surface area contributed by atoms with Gasteiger partial charge in [-0.25, -0.2) is 0 Å². The molecule has 2 aliphatic heterocycles. The number of rotatable bonds is 4. The van der Waals surface area contributed by atoms with Crippen molar-refractivity contribution in [1.82, 2.24) is 10.2 Å². The number of nitrogens with one attached hydrogen (secondary N) is 1. The van der Waals surface area contributed by atoms with Crippen LogP contribution in [0.4, 0.5) is 0 Å². The van der Waals surface area contributed by atoms with Crippen LogP contribution in [0.5, 0.6) is 5.75 Å². The largest absolute Gasteiger partial charge is 0.497 e. The molecule has 5 nitrogen and oxygen atoms in total. The molecular formula is C17H24N2O3. The van der Waals surface area contributed by atoms with E-state index in [4.69, 9.17) is 9.47 Å². The molecule has 2 heterocycles. The van der Waals surface area contributed by atoms with Crippen molar-refractivity contribution in [2.24, 2.45) is 17.8 Å². The third kappa shape index (κ3) is 3.10. The lowest BCUT2D eigenvalue weighted by Crippen LogP contribution is -2.43. The van der Waals surface area contributed by atoms with Gasteiger partial charge in [-0.3, -0.25) is 9.69 Å². The van der Waals surface area contributed by atoms with E-state index in [0.717, 1.165) is 32.0 Å². The fourth-order valence-electron chi connectivity index (χ4n) is 3.70. The average molecular weight is 304 g/mol. The summed E-state index contributed by atoms with van der Waals surface area (Å²) in [6.07, 6.45) is 0. The van der Waals surface area contributed by atoms with Crippen molar-refractivity contribution >= 4 is 5.91 Å². The van der Waals surface area contributed by atoms with Crippen LogP contribution < -0.4 is 10.1 Å². The molecule has 0 radical (unpaired) electrons. The second-order valence-electron chi connectivity index (χ2n) is 6.23. The highest BCUT2D eigenvalue weighted by Gasteiger charge is 2.43. The highest BCUT2D eigenvalue weighted by atomic mass is 16.5. The smallest absolute Gasteiger partial charge is 0.225 e. The van der Waals surface area contributed by atoms with E-state index in [1.54, 1.807) is 14.2 Å². The number of ether oxygens (including phenoxy) is 2. The van der Waals surface area contributed by atoms with Crippen molar-refractivity contribution in [1.29, 1.82) is 0 Å². The van der Waals surface area contributed by atoms with Gasteiger partial charge in [0.1, 0.15) is 5.75 Å². The molecule has 1 amide bonds. The molecule has 2 aliphatic rings. The zero-order valence-electron chi connectivity index (χ0n) is 13.2. The number of benzene rings is 1. The first-order valence-electron chi connectivity index (χ1n) is 7.86. The number of amides is 1. The van der Waals surface area contributed by atoms with E-state index in [1.165, 1.54) is 5.56 Å². The van der Waals surface area contributed by atoms with Crippen molar-refractivity contribution in [3.05, 3.63) is 29.8 Å². The van der Waals surface area contributed by atoms with E-state index in [9.17, 15) is 4.79 Å². The summed E-state index contributed by atoms with van der Waals surface area (Å²) in [6, 6.07) is 8.18. The first-order chi connectivity index (χ1) is 10.7. The van der Waals surface area contributed by atoms with Gasteiger partial charge in [0.15, 0.2) is 0 Å². The normalized spacial score (nSPS) is 28.2. The third-order valence-electron chi connectivity index (χ3n) is 4.84. The predicted octanol–water partition coefficient (Wildman–Crippen LogP) is 1.14. The van der Waals surface area contributed by atoms with Crippen LogP contribution in [0.2, 0.25) is 0 Å². The van der Waals surface area contributed by atoms with Gasteiger partial charge in [-0.15, -0.1) is 0 Å². The SMILES string of the molecule is CNC(=O)[C@@H]1COC[C@H]2CN(Cc3cccc(OC)c3)C[C@H]21. The van der Waals surface area contributed by atoms with Crippen molar-refractivity contribution < 1.29 is 14.3 Å². The molecule has 2 saturated heterocycles. The zero-order chi connectivity index (χ0) is 15.5. The molecule has 0 bridgehead atoms. The number of carbonyl (C=O) groups is 1. The lowest BCUT2D eigenvalue weighted by atomic mass is 9.82. The number of hydrogen-bond donors (Lipinski definition) is 1. The maximum atomic E-state index is 12.0. The topological polar surface area (TPSA) is 50.8 Å². The van der Waals surface area contributed by atoms with Crippen molar-refractivity contribution in [2.45, 2.75) is 6.54 Å². The molecule has 3 rings (SSSR count). The summed E-state index contributed by atoms with van der Waals surface area (Å²) in [5.74, 6) is 1.85. The van der Waals surface area contributed by atoms with Crippen LogP contribution in [0.3, 0.4) is 0 Å². The Hall–Kier alpha value is -1.59. The van der Waals surface area contributed by atoms with E-state index in [-0.39, 0.29) is 11.8 Å². The molecule has 0 aromatic heterocycles. The van der Waals surface area contributed by atoms with Gasteiger partial charge < -0.3 is 14.8 Å². The third-order valence-corrected chi connectivity index (χ3v) is 4.84. The molecule has 0 spiro atoms. The fourth-order valence-corrected chi connectivity index (χ4v) is 3.70. The van der Waals surface area contributed by atoms with Gasteiger partial charge in [0, 0.05) is 26.7 Å². The Morgan fingerprint density at radius 1 is 1.41 bits per heavy atom. The average Bonchev–Trinajstić information content (AvgIpc) is 2.96. The molecule has 1 aromatic rings. The van der Waals surface area contributed by atoms with E-state index in [2.05, 4.69) is 22.3 Å². The summed E-state index contributed by atoms with van der Waals surface area (Å²) in [5, 5.41) is 2.77. The van der Waals surface area contributed by atoms with Gasteiger partial charge in [0.2, 0.25) is 5.91 Å². The molecule has 120 valence electrons. The molecule has 22 heavy (non-hydrogen) atoms. The van der Waals surface area contributed by atoms with E-state index in [0.29, 0.717) is 18.4 Å². The number of carbonyl (C=O) groups excluding carboxylic acids is 1. The zero-order valence-corrected chi connectivity index (χ0v) is 13.2. The minimum absolute atomic E-state index is 0.0148. The Bertz CT molecular complexity index is 534. The van der Waals surface area contributed by atoms with E-state index >= 15 is 0 Å². The van der Waals surface area contributed by atoms with Crippen LogP contribution in [0, 0.1) is 17.8 Å². The Kier molecular flexibility index (Phi) is 4.64. The first kappa shape index (κ1) is 15.3. The lowest BCUT2D eigenvalue weighted by molar-refractivity contribution is -0.133. The fraction of sp³-hybridized carbons (Fsp3) is 0.588. The highest BCUT2D eigenvalue weighted by Crippen LogP contribution is 2.35. The van der Waals surface area contributed by atoms with Crippen LogP contribution in [0.25, 0.3) is 0 Å². The van der Waals surface area contributed by atoms with Crippen LogP contribution in [0.1, 0.15) is 5.56 Å². The maximum Gasteiger partial charge on any atom is 0.225 e. The minimum Gasteiger partial charge on any atom is -0.497 e. The van der Waals surface area contributed by atoms with Crippen LogP contribution in [-0.4, -0.2) is 51.3 Å². The Labute approximate surface area is 131 Å². The lowest BCUT2D eigenvalue weighted by Gasteiger charge is -2.31. The van der Waals surface area contributed by atoms with Gasteiger partial charge in [-0.2, -0.15) is 0 Å². The first-order valence-corrected chi connectivity index (χ1v) is 7.86. The monoisotopic (exact) mass is 304 g/mol. The quantitative estimate of drug-likeness (QED) is 0.906. The van der Waals surface area contributed by atoms with Crippen molar-refractivity contribution in [3.8, 4) is 5.75 Å². The number of methoxy groups -OCH3 is 1. The van der Waals surface area contributed by atoms with Crippen LogP contribution in [-0.2, 0) is 16.1 Å². The number of hydrogen-bond acceptors (Lipinski definition) is 4. The summed E-state index contributed by atoms with van der Waals surface area (Å²) >= 11 is 0. The predicted molar refractivity (Wildman–Crippen MR) is 83.6 cm³/mol. The van der Waals surface area contributed by atoms with Gasteiger partial charge >= 0.3 is 0 Å². The second kappa shape index (κ2) is 6.67. The van der Waals surface area contributed by atoms with E-state index in [1.807, 2.05) is 12.1 Å². The Morgan fingerprint density at radius 3 is 3.05 bits per heavy atom. The summed E-state index contributed by atoms with van der Waals surface area (Å²) < 4.78 is 10.9. The molecule has 0 unspecified atom stereocenters. The standard InChI is InChI=1S/C17H24N2O3/c1-18-17(20)16-11-22-10-13-8-19(9-15(13)16)7-12-4-3-5-14(6-12)21-2/h3-6,13,15-16H,7-11H2,1-2H3,(H,18,20)/t13-,15-,16-/m1/s1. The minimum atomic E-state index is -0.0148. The summed E-state index contributed by atoms with van der Waals surface area (Å²) in [4.78, 5) is 14.5. The summed E-state index contributed by atoms with van der Waals surface area (Å²) in [7, 11) is 3.39. The summed E-state index contributed by atoms with van der Waals surface area (Å²) in [6.45, 7) is 4.17. The Morgan fingerprint density at radius 2 is 2.27 bits per heavy atom. The van der Waals surface area contributed by atoms with Gasteiger partial charge in [-0.05, 0) is 29.5 Å². The molecule has 0 aliphatic carbocycles. The summed E-state index contributed by atoms with van der Waals surface area (Å²) in [5.41, 5.74) is 1.25. The molecule has 3 atom stereocenters. The van der Waals surface area contributed by atoms with Gasteiger partial charge in [0.25, 0.3) is 0 Å². The molecular weight excluding hydrogens is 280 g/mol. The number of nitrogens with zero attached hydrogens (tertiary/aromatic N) is 1. The highest BCUT2D eigenvalue weighted by molar-refractivity contribution is 5.79. The van der Waals surface area contributed by atoms with Gasteiger partial charge in [-0.1, -0.05) is 12.1 Å². The second-order valence-corrected chi connectivity index (χ2v) is 6.23. The van der Waals surface area contributed by atoms with Crippen LogP contribution >= 0.6 is 0 Å². The van der Waals surface area contributed by atoms with E-state index < -0.39 is 0 Å². The molecule has 1 aromatic carbocycles. The number of likely N-dealkylation sites (tertiary alicyclic amines) is 1. The van der Waals surface area contributed by atoms with Crippen LogP contribution in [0.15, 0.2) is 24.3 Å². The molecule has 2 fully saturated rings. The Balaban J connectivity index is 1.66.